The molecule has 16 heavy (non-hydrogen) atoms. The van der Waals surface area contributed by atoms with Crippen LogP contribution in [-0.2, 0) is 0 Å². The molecule has 0 spiro atoms. The van der Waals surface area contributed by atoms with E-state index in [9.17, 15) is 0 Å². The van der Waals surface area contributed by atoms with Crippen molar-refractivity contribution in [1.82, 2.24) is 4.98 Å². The Labute approximate surface area is 95.5 Å². The van der Waals surface area contributed by atoms with Crippen LogP contribution in [-0.4, -0.2) is 4.98 Å². The Kier molecular flexibility index (Phi) is 2.17. The number of benzene rings is 1. The van der Waals surface area contributed by atoms with E-state index in [1.54, 1.807) is 0 Å². The highest BCUT2D eigenvalue weighted by atomic mass is 14.7. The lowest BCUT2D eigenvalue weighted by atomic mass is 9.92. The Morgan fingerprint density at radius 2 is 2.12 bits per heavy atom. The number of aromatic amines is 1. The SMILES string of the molecule is CC(C1=CC=CC1)c1c[nH]c2ccccc12. The molecule has 1 aromatic heterocycles. The molecule has 1 aromatic carbocycles. The minimum atomic E-state index is 0.506. The second-order valence-corrected chi connectivity index (χ2v) is 4.39. The van der Waals surface area contributed by atoms with Crippen LogP contribution in [0.3, 0.4) is 0 Å². The van der Waals surface area contributed by atoms with E-state index in [4.69, 9.17) is 0 Å². The standard InChI is InChI=1S/C15H15N/c1-11(12-6-2-3-7-12)14-10-16-15-9-5-4-8-13(14)15/h2-6,8-11,16H,7H2,1H3. The van der Waals surface area contributed by atoms with Gasteiger partial charge in [0.25, 0.3) is 0 Å². The van der Waals surface area contributed by atoms with Gasteiger partial charge in [-0.3, -0.25) is 0 Å². The van der Waals surface area contributed by atoms with Crippen molar-refractivity contribution < 1.29 is 0 Å². The molecule has 1 aliphatic rings. The van der Waals surface area contributed by atoms with E-state index in [1.807, 2.05) is 0 Å². The molecule has 0 radical (unpaired) electrons. The Bertz CT molecular complexity index is 572. The molecule has 1 heterocycles. The summed E-state index contributed by atoms with van der Waals surface area (Å²) in [7, 11) is 0. The fourth-order valence-corrected chi connectivity index (χ4v) is 2.44. The molecule has 0 amide bonds. The number of fused-ring (bicyclic) bond motifs is 1. The summed E-state index contributed by atoms with van der Waals surface area (Å²) in [6.07, 6.45) is 9.86. The lowest BCUT2D eigenvalue weighted by molar-refractivity contribution is 0.878. The molecular weight excluding hydrogens is 194 g/mol. The van der Waals surface area contributed by atoms with Gasteiger partial charge in [0.2, 0.25) is 0 Å². The van der Waals surface area contributed by atoms with Gasteiger partial charge < -0.3 is 4.98 Å². The summed E-state index contributed by atoms with van der Waals surface area (Å²) in [5.41, 5.74) is 4.14. The molecule has 0 aliphatic heterocycles. The van der Waals surface area contributed by atoms with Crippen LogP contribution in [0.25, 0.3) is 10.9 Å². The van der Waals surface area contributed by atoms with E-state index in [0.717, 1.165) is 6.42 Å². The van der Waals surface area contributed by atoms with Crippen molar-refractivity contribution in [2.45, 2.75) is 19.3 Å². The zero-order chi connectivity index (χ0) is 11.0. The molecule has 1 unspecified atom stereocenters. The number of nitrogens with one attached hydrogen (secondary N) is 1. The van der Waals surface area contributed by atoms with Crippen LogP contribution in [0.4, 0.5) is 0 Å². The third-order valence-electron chi connectivity index (χ3n) is 3.44. The molecular formula is C15H15N. The van der Waals surface area contributed by atoms with Crippen LogP contribution >= 0.6 is 0 Å². The van der Waals surface area contributed by atoms with Crippen molar-refractivity contribution in [3.05, 3.63) is 59.8 Å². The topological polar surface area (TPSA) is 15.8 Å². The third kappa shape index (κ3) is 1.40. The van der Waals surface area contributed by atoms with Crippen LogP contribution in [0.5, 0.6) is 0 Å². The van der Waals surface area contributed by atoms with Crippen molar-refractivity contribution >= 4 is 10.9 Å². The van der Waals surface area contributed by atoms with Gasteiger partial charge in [-0.15, -0.1) is 0 Å². The predicted octanol–water partition coefficient (Wildman–Crippen LogP) is 4.16. The summed E-state index contributed by atoms with van der Waals surface area (Å²) in [5, 5.41) is 1.35. The van der Waals surface area contributed by atoms with Gasteiger partial charge in [-0.2, -0.15) is 0 Å². The van der Waals surface area contributed by atoms with Gasteiger partial charge in [0.05, 0.1) is 0 Å². The number of para-hydroxylation sites is 1. The summed E-state index contributed by atoms with van der Waals surface area (Å²) in [6, 6.07) is 8.50. The van der Waals surface area contributed by atoms with E-state index in [1.165, 1.54) is 22.0 Å². The van der Waals surface area contributed by atoms with E-state index in [-0.39, 0.29) is 0 Å². The van der Waals surface area contributed by atoms with Crippen LogP contribution in [0.15, 0.2) is 54.3 Å². The van der Waals surface area contributed by atoms with Crippen LogP contribution in [0.1, 0.15) is 24.8 Å². The average molecular weight is 209 g/mol. The second-order valence-electron chi connectivity index (χ2n) is 4.39. The highest BCUT2D eigenvalue weighted by Gasteiger charge is 2.15. The molecule has 0 saturated heterocycles. The fourth-order valence-electron chi connectivity index (χ4n) is 2.44. The molecule has 3 rings (SSSR count). The summed E-state index contributed by atoms with van der Waals surface area (Å²) < 4.78 is 0. The molecule has 1 heteroatoms. The normalized spacial score (nSPS) is 16.7. The highest BCUT2D eigenvalue weighted by Crippen LogP contribution is 2.33. The monoisotopic (exact) mass is 209 g/mol. The first-order valence-electron chi connectivity index (χ1n) is 5.78. The number of hydrogen-bond donors (Lipinski definition) is 1. The van der Waals surface area contributed by atoms with Gasteiger partial charge in [-0.25, -0.2) is 0 Å². The minimum Gasteiger partial charge on any atom is -0.361 e. The average Bonchev–Trinajstić information content (AvgIpc) is 2.98. The molecule has 1 aliphatic carbocycles. The van der Waals surface area contributed by atoms with Crippen LogP contribution < -0.4 is 0 Å². The van der Waals surface area contributed by atoms with Crippen molar-refractivity contribution in [3.63, 3.8) is 0 Å². The van der Waals surface area contributed by atoms with Gasteiger partial charge in [0.1, 0.15) is 0 Å². The number of H-pyrrole nitrogens is 1. The first-order chi connectivity index (χ1) is 7.86. The molecule has 1 N–H and O–H groups in total. The van der Waals surface area contributed by atoms with Crippen molar-refractivity contribution in [2.24, 2.45) is 0 Å². The maximum absolute atomic E-state index is 3.34. The van der Waals surface area contributed by atoms with Crippen molar-refractivity contribution in [1.29, 1.82) is 0 Å². The Balaban J connectivity index is 2.05. The Morgan fingerprint density at radius 1 is 1.25 bits per heavy atom. The van der Waals surface area contributed by atoms with E-state index in [0.29, 0.717) is 5.92 Å². The first kappa shape index (κ1) is 9.46. The highest BCUT2D eigenvalue weighted by molar-refractivity contribution is 5.84. The molecule has 0 saturated carbocycles. The van der Waals surface area contributed by atoms with Crippen LogP contribution in [0.2, 0.25) is 0 Å². The van der Waals surface area contributed by atoms with Gasteiger partial charge in [-0.1, -0.05) is 48.9 Å². The number of aromatic nitrogens is 1. The van der Waals surface area contributed by atoms with Crippen molar-refractivity contribution in [2.75, 3.05) is 0 Å². The van der Waals surface area contributed by atoms with E-state index >= 15 is 0 Å². The predicted molar refractivity (Wildman–Crippen MR) is 68.6 cm³/mol. The van der Waals surface area contributed by atoms with Crippen LogP contribution in [0, 0.1) is 0 Å². The van der Waals surface area contributed by atoms with Gasteiger partial charge in [0.15, 0.2) is 0 Å². The number of hydrogen-bond acceptors (Lipinski definition) is 0. The quantitative estimate of drug-likeness (QED) is 0.764. The smallest absolute Gasteiger partial charge is 0.0457 e. The summed E-state index contributed by atoms with van der Waals surface area (Å²) >= 11 is 0. The Hall–Kier alpha value is -1.76. The van der Waals surface area contributed by atoms with Crippen molar-refractivity contribution in [3.8, 4) is 0 Å². The Morgan fingerprint density at radius 3 is 2.94 bits per heavy atom. The van der Waals surface area contributed by atoms with Gasteiger partial charge in [-0.05, 0) is 18.1 Å². The van der Waals surface area contributed by atoms with Gasteiger partial charge in [0, 0.05) is 23.0 Å². The molecule has 1 nitrogen and oxygen atoms in total. The number of allylic oxidation sites excluding steroid dienone is 4. The lowest BCUT2D eigenvalue weighted by Crippen LogP contribution is -1.94. The minimum absolute atomic E-state index is 0.506. The maximum Gasteiger partial charge on any atom is 0.0457 e. The summed E-state index contributed by atoms with van der Waals surface area (Å²) in [4.78, 5) is 3.34. The zero-order valence-electron chi connectivity index (χ0n) is 9.40. The lowest BCUT2D eigenvalue weighted by Gasteiger charge is -2.11. The van der Waals surface area contributed by atoms with E-state index in [2.05, 4.69) is 60.6 Å². The van der Waals surface area contributed by atoms with Gasteiger partial charge >= 0.3 is 0 Å². The largest absolute Gasteiger partial charge is 0.361 e. The third-order valence-corrected chi connectivity index (χ3v) is 3.44. The number of rotatable bonds is 2. The van der Waals surface area contributed by atoms with E-state index < -0.39 is 0 Å². The zero-order valence-corrected chi connectivity index (χ0v) is 9.40. The maximum atomic E-state index is 3.34. The molecule has 0 fully saturated rings. The first-order valence-corrected chi connectivity index (χ1v) is 5.78. The molecule has 1 atom stereocenters. The molecule has 0 bridgehead atoms. The summed E-state index contributed by atoms with van der Waals surface area (Å²) in [6.45, 7) is 2.29. The summed E-state index contributed by atoms with van der Waals surface area (Å²) in [5.74, 6) is 0.506. The molecule has 80 valence electrons. The second kappa shape index (κ2) is 3.67. The fraction of sp³-hybridized carbons (Fsp3) is 0.200. The molecule has 2 aromatic rings.